The summed E-state index contributed by atoms with van der Waals surface area (Å²) in [5, 5.41) is 2.83. The first-order valence-corrected chi connectivity index (χ1v) is 10.7. The third-order valence-electron chi connectivity index (χ3n) is 4.95. The van der Waals surface area contributed by atoms with Crippen molar-refractivity contribution in [2.75, 3.05) is 18.2 Å². The largest absolute Gasteiger partial charge is 0.497 e. The quantitative estimate of drug-likeness (QED) is 0.629. The lowest BCUT2D eigenvalue weighted by molar-refractivity contribution is -0.128. The van der Waals surface area contributed by atoms with E-state index < -0.39 is 0 Å². The van der Waals surface area contributed by atoms with Crippen molar-refractivity contribution in [2.24, 2.45) is 0 Å². The van der Waals surface area contributed by atoms with Crippen LogP contribution in [0.15, 0.2) is 78.9 Å². The number of hydrogen-bond acceptors (Lipinski definition) is 4. The number of methoxy groups -OCH3 is 1. The van der Waals surface area contributed by atoms with Gasteiger partial charge in [0.15, 0.2) is 0 Å². The average molecular weight is 419 g/mol. The first-order chi connectivity index (χ1) is 14.6. The standard InChI is InChI=1S/C24H22N2O3S/c1-29-21-9-5-8-20(14-21)25-23(28)18-10-12-19(13-11-18)24-26(22(27)16-30-24)15-17-6-3-2-4-7-17/h2-14,24H,15-16H2,1H3,(H,25,28). The van der Waals surface area contributed by atoms with Gasteiger partial charge in [-0.1, -0.05) is 48.5 Å². The van der Waals surface area contributed by atoms with Crippen molar-refractivity contribution in [3.63, 3.8) is 0 Å². The van der Waals surface area contributed by atoms with Crippen LogP contribution in [-0.4, -0.2) is 29.6 Å². The molecule has 1 unspecified atom stereocenters. The number of carbonyl (C=O) groups excluding carboxylic acids is 2. The van der Waals surface area contributed by atoms with Gasteiger partial charge in [-0.15, -0.1) is 11.8 Å². The fraction of sp³-hybridized carbons (Fsp3) is 0.167. The Bertz CT molecular complexity index is 1040. The lowest BCUT2D eigenvalue weighted by Crippen LogP contribution is -2.27. The van der Waals surface area contributed by atoms with Gasteiger partial charge in [0.05, 0.1) is 12.9 Å². The maximum atomic E-state index is 12.6. The highest BCUT2D eigenvalue weighted by molar-refractivity contribution is 8.00. The molecule has 4 rings (SSSR count). The summed E-state index contributed by atoms with van der Waals surface area (Å²) in [6.45, 7) is 0.579. The molecule has 1 aliphatic rings. The molecule has 1 heterocycles. The lowest BCUT2D eigenvalue weighted by atomic mass is 10.1. The van der Waals surface area contributed by atoms with Gasteiger partial charge in [-0.2, -0.15) is 0 Å². The predicted octanol–water partition coefficient (Wildman–Crippen LogP) is 4.72. The predicted molar refractivity (Wildman–Crippen MR) is 120 cm³/mol. The van der Waals surface area contributed by atoms with Gasteiger partial charge in [-0.05, 0) is 35.4 Å². The zero-order valence-corrected chi connectivity index (χ0v) is 17.4. The van der Waals surface area contributed by atoms with Crippen LogP contribution in [0.2, 0.25) is 0 Å². The Morgan fingerprint density at radius 1 is 1.07 bits per heavy atom. The Morgan fingerprint density at radius 3 is 2.57 bits per heavy atom. The van der Waals surface area contributed by atoms with Crippen molar-refractivity contribution in [3.8, 4) is 5.75 Å². The van der Waals surface area contributed by atoms with E-state index in [-0.39, 0.29) is 17.2 Å². The van der Waals surface area contributed by atoms with Gasteiger partial charge in [-0.3, -0.25) is 9.59 Å². The second kappa shape index (κ2) is 9.05. The van der Waals surface area contributed by atoms with Gasteiger partial charge >= 0.3 is 0 Å². The highest BCUT2D eigenvalue weighted by Gasteiger charge is 2.32. The minimum absolute atomic E-state index is 0.0480. The van der Waals surface area contributed by atoms with Crippen molar-refractivity contribution in [2.45, 2.75) is 11.9 Å². The van der Waals surface area contributed by atoms with Crippen LogP contribution in [0.25, 0.3) is 0 Å². The molecule has 1 fully saturated rings. The number of rotatable bonds is 6. The smallest absolute Gasteiger partial charge is 0.255 e. The maximum absolute atomic E-state index is 12.6. The van der Waals surface area contributed by atoms with Crippen LogP contribution in [-0.2, 0) is 11.3 Å². The summed E-state index contributed by atoms with van der Waals surface area (Å²) in [5.41, 5.74) is 3.35. The molecule has 0 aliphatic carbocycles. The van der Waals surface area contributed by atoms with E-state index in [0.717, 1.165) is 11.1 Å². The number of thioether (sulfide) groups is 1. The van der Waals surface area contributed by atoms with Crippen LogP contribution in [0.1, 0.15) is 26.9 Å². The molecule has 6 heteroatoms. The van der Waals surface area contributed by atoms with Crippen molar-refractivity contribution >= 4 is 29.3 Å². The second-order valence-electron chi connectivity index (χ2n) is 6.98. The summed E-state index contributed by atoms with van der Waals surface area (Å²) >= 11 is 1.61. The van der Waals surface area contributed by atoms with Gasteiger partial charge in [0.25, 0.3) is 5.91 Å². The highest BCUT2D eigenvalue weighted by Crippen LogP contribution is 2.39. The van der Waals surface area contributed by atoms with E-state index in [1.807, 2.05) is 65.6 Å². The third-order valence-corrected chi connectivity index (χ3v) is 6.21. The van der Waals surface area contributed by atoms with E-state index in [2.05, 4.69) is 5.32 Å². The van der Waals surface area contributed by atoms with Crippen LogP contribution < -0.4 is 10.1 Å². The fourth-order valence-electron chi connectivity index (χ4n) is 3.38. The van der Waals surface area contributed by atoms with Crippen molar-refractivity contribution < 1.29 is 14.3 Å². The molecule has 0 spiro atoms. The van der Waals surface area contributed by atoms with E-state index in [1.165, 1.54) is 0 Å². The van der Waals surface area contributed by atoms with Gasteiger partial charge in [0, 0.05) is 23.9 Å². The molecule has 1 atom stereocenters. The molecule has 152 valence electrons. The van der Waals surface area contributed by atoms with E-state index in [1.54, 1.807) is 37.1 Å². The molecule has 1 saturated heterocycles. The zero-order chi connectivity index (χ0) is 20.9. The zero-order valence-electron chi connectivity index (χ0n) is 16.6. The minimum atomic E-state index is -0.189. The average Bonchev–Trinajstić information content (AvgIpc) is 3.14. The monoisotopic (exact) mass is 418 g/mol. The molecule has 30 heavy (non-hydrogen) atoms. The van der Waals surface area contributed by atoms with Crippen LogP contribution in [0.3, 0.4) is 0 Å². The first-order valence-electron chi connectivity index (χ1n) is 9.64. The summed E-state index contributed by atoms with van der Waals surface area (Å²) in [7, 11) is 1.59. The van der Waals surface area contributed by atoms with Crippen LogP contribution in [0, 0.1) is 0 Å². The molecule has 1 N–H and O–H groups in total. The number of anilines is 1. The molecule has 0 radical (unpaired) electrons. The van der Waals surface area contributed by atoms with E-state index in [0.29, 0.717) is 29.3 Å². The van der Waals surface area contributed by atoms with Gasteiger partial charge < -0.3 is 15.0 Å². The SMILES string of the molecule is COc1cccc(NC(=O)c2ccc(C3SCC(=O)N3Cc3ccccc3)cc2)c1. The summed E-state index contributed by atoms with van der Waals surface area (Å²) < 4.78 is 5.19. The van der Waals surface area contributed by atoms with E-state index >= 15 is 0 Å². The Morgan fingerprint density at radius 2 is 1.83 bits per heavy atom. The number of hydrogen-bond donors (Lipinski definition) is 1. The number of nitrogens with zero attached hydrogens (tertiary/aromatic N) is 1. The van der Waals surface area contributed by atoms with Crippen molar-refractivity contribution in [3.05, 3.63) is 95.6 Å². The summed E-state index contributed by atoms with van der Waals surface area (Å²) in [6.07, 6.45) is 0. The topological polar surface area (TPSA) is 58.6 Å². The molecule has 0 aromatic heterocycles. The van der Waals surface area contributed by atoms with Crippen molar-refractivity contribution in [1.29, 1.82) is 0 Å². The van der Waals surface area contributed by atoms with E-state index in [4.69, 9.17) is 4.74 Å². The Labute approximate surface area is 180 Å². The first kappa shape index (κ1) is 20.0. The molecule has 3 aromatic rings. The lowest BCUT2D eigenvalue weighted by Gasteiger charge is -2.24. The number of nitrogens with one attached hydrogen (secondary N) is 1. The molecule has 1 aliphatic heterocycles. The van der Waals surface area contributed by atoms with Gasteiger partial charge in [-0.25, -0.2) is 0 Å². The Kier molecular flexibility index (Phi) is 6.05. The molecule has 2 amide bonds. The van der Waals surface area contributed by atoms with Crippen molar-refractivity contribution in [1.82, 2.24) is 4.90 Å². The number of amides is 2. The Hall–Kier alpha value is -3.25. The Balaban J connectivity index is 1.46. The van der Waals surface area contributed by atoms with Crippen LogP contribution in [0.4, 0.5) is 5.69 Å². The van der Waals surface area contributed by atoms with Gasteiger partial charge in [0.2, 0.25) is 5.91 Å². The molecule has 0 bridgehead atoms. The molecule has 3 aromatic carbocycles. The minimum Gasteiger partial charge on any atom is -0.497 e. The number of ether oxygens (including phenoxy) is 1. The molecular formula is C24H22N2O3S. The maximum Gasteiger partial charge on any atom is 0.255 e. The summed E-state index contributed by atoms with van der Waals surface area (Å²) in [5.74, 6) is 1.10. The summed E-state index contributed by atoms with van der Waals surface area (Å²) in [6, 6.07) is 24.7. The molecular weight excluding hydrogens is 396 g/mol. The fourth-order valence-corrected chi connectivity index (χ4v) is 4.57. The van der Waals surface area contributed by atoms with Gasteiger partial charge in [0.1, 0.15) is 11.1 Å². The van der Waals surface area contributed by atoms with Crippen LogP contribution in [0.5, 0.6) is 5.75 Å². The van der Waals surface area contributed by atoms with Crippen LogP contribution >= 0.6 is 11.8 Å². The highest BCUT2D eigenvalue weighted by atomic mass is 32.2. The second-order valence-corrected chi connectivity index (χ2v) is 8.05. The number of benzene rings is 3. The third kappa shape index (κ3) is 4.49. The molecule has 0 saturated carbocycles. The van der Waals surface area contributed by atoms with E-state index in [9.17, 15) is 9.59 Å². The summed E-state index contributed by atoms with van der Waals surface area (Å²) in [4.78, 5) is 26.9. The molecule has 5 nitrogen and oxygen atoms in total. The number of carbonyl (C=O) groups is 2. The normalized spacial score (nSPS) is 15.8.